The van der Waals surface area contributed by atoms with Gasteiger partial charge in [0.05, 0.1) is 12.1 Å². The number of amides is 1. The molecular weight excluding hydrogens is 417 g/mol. The molecule has 11 heteroatoms. The van der Waals surface area contributed by atoms with Gasteiger partial charge in [-0.1, -0.05) is 40.9 Å². The van der Waals surface area contributed by atoms with Crippen LogP contribution in [0.5, 0.6) is 0 Å². The lowest BCUT2D eigenvalue weighted by atomic mass is 10.2. The summed E-state index contributed by atoms with van der Waals surface area (Å²) < 4.78 is 2.73. The summed E-state index contributed by atoms with van der Waals surface area (Å²) in [7, 11) is 1.51. The van der Waals surface area contributed by atoms with Gasteiger partial charge in [0.25, 0.3) is 5.91 Å². The Hall–Kier alpha value is -2.55. The normalized spacial score (nSPS) is 10.8. The van der Waals surface area contributed by atoms with Crippen LogP contribution in [0.25, 0.3) is 0 Å². The molecule has 0 fully saturated rings. The SMILES string of the molecule is Cn1cc(C(=O)Nc2nn(Cc3ccc(Cl)cc3Cl)cc2Cl)c(C(=O)O)n1. The van der Waals surface area contributed by atoms with Crippen molar-refractivity contribution in [3.8, 4) is 0 Å². The van der Waals surface area contributed by atoms with Gasteiger partial charge in [0.1, 0.15) is 5.02 Å². The number of carboxylic acid groups (broad SMARTS) is 1. The molecule has 8 nitrogen and oxygen atoms in total. The van der Waals surface area contributed by atoms with E-state index in [1.54, 1.807) is 18.2 Å². The third kappa shape index (κ3) is 4.24. The largest absolute Gasteiger partial charge is 0.476 e. The maximum atomic E-state index is 12.4. The average molecular weight is 429 g/mol. The number of rotatable bonds is 5. The molecule has 0 spiro atoms. The summed E-state index contributed by atoms with van der Waals surface area (Å²) in [5, 5.41) is 20.8. The predicted octanol–water partition coefficient (Wildman–Crippen LogP) is 3.58. The number of carboxylic acids is 1. The van der Waals surface area contributed by atoms with Gasteiger partial charge in [-0.05, 0) is 17.7 Å². The van der Waals surface area contributed by atoms with Crippen molar-refractivity contribution in [2.75, 3.05) is 5.32 Å². The summed E-state index contributed by atoms with van der Waals surface area (Å²) >= 11 is 18.1. The van der Waals surface area contributed by atoms with Crippen molar-refractivity contribution in [2.45, 2.75) is 6.54 Å². The second-order valence-corrected chi connectivity index (χ2v) is 6.83. The number of aromatic carboxylic acids is 1. The molecule has 2 heterocycles. The van der Waals surface area contributed by atoms with Gasteiger partial charge in [-0.25, -0.2) is 4.79 Å². The fourth-order valence-corrected chi connectivity index (χ4v) is 3.04. The quantitative estimate of drug-likeness (QED) is 0.647. The van der Waals surface area contributed by atoms with Gasteiger partial charge >= 0.3 is 5.97 Å². The monoisotopic (exact) mass is 427 g/mol. The molecule has 2 aromatic heterocycles. The van der Waals surface area contributed by atoms with Crippen LogP contribution in [0.1, 0.15) is 26.4 Å². The number of hydrogen-bond donors (Lipinski definition) is 2. The lowest BCUT2D eigenvalue weighted by Crippen LogP contribution is -2.16. The number of carbonyl (C=O) groups is 2. The minimum atomic E-state index is -1.31. The van der Waals surface area contributed by atoms with Crippen LogP contribution in [-0.2, 0) is 13.6 Å². The zero-order chi connectivity index (χ0) is 19.7. The Morgan fingerprint density at radius 2 is 1.89 bits per heavy atom. The summed E-state index contributed by atoms with van der Waals surface area (Å²) in [6.07, 6.45) is 2.82. The van der Waals surface area contributed by atoms with E-state index in [0.29, 0.717) is 16.6 Å². The summed E-state index contributed by atoms with van der Waals surface area (Å²) in [6, 6.07) is 5.07. The van der Waals surface area contributed by atoms with Crippen molar-refractivity contribution >= 4 is 52.5 Å². The Bertz CT molecular complexity index is 1040. The number of nitrogens with one attached hydrogen (secondary N) is 1. The van der Waals surface area contributed by atoms with E-state index in [9.17, 15) is 9.59 Å². The van der Waals surface area contributed by atoms with Crippen molar-refractivity contribution in [3.05, 3.63) is 62.5 Å². The van der Waals surface area contributed by atoms with E-state index < -0.39 is 11.9 Å². The Morgan fingerprint density at radius 1 is 1.15 bits per heavy atom. The molecule has 0 bridgehead atoms. The zero-order valence-corrected chi connectivity index (χ0v) is 16.0. The molecule has 0 unspecified atom stereocenters. The van der Waals surface area contributed by atoms with E-state index in [1.807, 2.05) is 0 Å². The highest BCUT2D eigenvalue weighted by atomic mass is 35.5. The summed E-state index contributed by atoms with van der Waals surface area (Å²) in [5.74, 6) is -1.90. The fraction of sp³-hybridized carbons (Fsp3) is 0.125. The molecule has 0 saturated heterocycles. The maximum absolute atomic E-state index is 12.4. The van der Waals surface area contributed by atoms with Crippen LogP contribution in [0.4, 0.5) is 5.82 Å². The zero-order valence-electron chi connectivity index (χ0n) is 13.8. The molecule has 1 aromatic carbocycles. The molecule has 0 aliphatic carbocycles. The molecule has 0 saturated carbocycles. The van der Waals surface area contributed by atoms with Crippen molar-refractivity contribution in [2.24, 2.45) is 7.05 Å². The van der Waals surface area contributed by atoms with Crippen molar-refractivity contribution < 1.29 is 14.7 Å². The highest BCUT2D eigenvalue weighted by Gasteiger charge is 2.22. The number of benzene rings is 1. The topological polar surface area (TPSA) is 102 Å². The van der Waals surface area contributed by atoms with Crippen LogP contribution in [0, 0.1) is 0 Å². The van der Waals surface area contributed by atoms with Crippen LogP contribution >= 0.6 is 34.8 Å². The van der Waals surface area contributed by atoms with Gasteiger partial charge in [-0.15, -0.1) is 0 Å². The number of aryl methyl sites for hydroxylation is 1. The van der Waals surface area contributed by atoms with Gasteiger partial charge in [0.2, 0.25) is 0 Å². The van der Waals surface area contributed by atoms with E-state index in [2.05, 4.69) is 15.5 Å². The second kappa shape index (κ2) is 7.59. The maximum Gasteiger partial charge on any atom is 0.357 e. The molecule has 0 atom stereocenters. The summed E-state index contributed by atoms with van der Waals surface area (Å²) in [6.45, 7) is 0.304. The van der Waals surface area contributed by atoms with Crippen LogP contribution in [-0.4, -0.2) is 36.5 Å². The average Bonchev–Trinajstić information content (AvgIpc) is 3.13. The van der Waals surface area contributed by atoms with Crippen LogP contribution in [0.2, 0.25) is 15.1 Å². The number of halogens is 3. The van der Waals surface area contributed by atoms with E-state index >= 15 is 0 Å². The second-order valence-electron chi connectivity index (χ2n) is 5.58. The molecular formula is C16H12Cl3N5O3. The van der Waals surface area contributed by atoms with Crippen molar-refractivity contribution in [1.82, 2.24) is 19.6 Å². The molecule has 0 radical (unpaired) electrons. The number of nitrogens with zero attached hydrogens (tertiary/aromatic N) is 4. The Balaban J connectivity index is 1.81. The Kier molecular flexibility index (Phi) is 5.41. The minimum absolute atomic E-state index is 0.0898. The van der Waals surface area contributed by atoms with Gasteiger partial charge < -0.3 is 10.4 Å². The highest BCUT2D eigenvalue weighted by molar-refractivity contribution is 6.35. The van der Waals surface area contributed by atoms with Crippen LogP contribution in [0.3, 0.4) is 0 Å². The Labute approximate surface area is 168 Å². The van der Waals surface area contributed by atoms with Crippen molar-refractivity contribution in [3.63, 3.8) is 0 Å². The molecule has 0 aliphatic rings. The number of anilines is 1. The number of carbonyl (C=O) groups excluding carboxylic acids is 1. The van der Waals surface area contributed by atoms with E-state index in [4.69, 9.17) is 39.9 Å². The van der Waals surface area contributed by atoms with Gasteiger partial charge in [-0.2, -0.15) is 10.2 Å². The van der Waals surface area contributed by atoms with Gasteiger partial charge in [0, 0.05) is 29.5 Å². The van der Waals surface area contributed by atoms with Crippen molar-refractivity contribution in [1.29, 1.82) is 0 Å². The van der Waals surface area contributed by atoms with Gasteiger partial charge in [0.15, 0.2) is 11.5 Å². The minimum Gasteiger partial charge on any atom is -0.476 e. The fourth-order valence-electron chi connectivity index (χ4n) is 2.37. The first-order valence-corrected chi connectivity index (χ1v) is 8.63. The lowest BCUT2D eigenvalue weighted by molar-refractivity contribution is 0.0685. The van der Waals surface area contributed by atoms with Crippen LogP contribution < -0.4 is 5.32 Å². The molecule has 27 heavy (non-hydrogen) atoms. The predicted molar refractivity (Wildman–Crippen MR) is 101 cm³/mol. The standard InChI is InChI=1S/C16H12Cl3N5O3/c1-23-6-10(13(21-23)16(26)27)15(25)20-14-12(19)7-24(22-14)5-8-2-3-9(17)4-11(8)18/h2-4,6-7H,5H2,1H3,(H,26,27)(H,20,22,25). The first-order valence-electron chi connectivity index (χ1n) is 7.49. The third-order valence-corrected chi connectivity index (χ3v) is 4.44. The van der Waals surface area contributed by atoms with Gasteiger partial charge in [-0.3, -0.25) is 14.2 Å². The van der Waals surface area contributed by atoms with E-state index in [0.717, 1.165) is 5.56 Å². The first kappa shape index (κ1) is 19.2. The Morgan fingerprint density at radius 3 is 2.56 bits per heavy atom. The smallest absolute Gasteiger partial charge is 0.357 e. The first-order chi connectivity index (χ1) is 12.7. The highest BCUT2D eigenvalue weighted by Crippen LogP contribution is 2.24. The third-order valence-electron chi connectivity index (χ3n) is 3.57. The summed E-state index contributed by atoms with van der Waals surface area (Å²) in [4.78, 5) is 23.6. The molecule has 3 rings (SSSR count). The molecule has 0 aliphatic heterocycles. The van der Waals surface area contributed by atoms with Crippen LogP contribution in [0.15, 0.2) is 30.6 Å². The molecule has 3 aromatic rings. The molecule has 140 valence electrons. The van der Waals surface area contributed by atoms with E-state index in [-0.39, 0.29) is 22.1 Å². The number of aromatic nitrogens is 4. The number of hydrogen-bond acceptors (Lipinski definition) is 4. The molecule has 1 amide bonds. The molecule has 2 N–H and O–H groups in total. The van der Waals surface area contributed by atoms with E-state index in [1.165, 1.54) is 28.8 Å². The summed E-state index contributed by atoms with van der Waals surface area (Å²) in [5.41, 5.74) is 0.299. The lowest BCUT2D eigenvalue weighted by Gasteiger charge is -2.05.